The van der Waals surface area contributed by atoms with Gasteiger partial charge in [-0.1, -0.05) is 0 Å². The topological polar surface area (TPSA) is 38.1 Å². The Morgan fingerprint density at radius 1 is 1.30 bits per heavy atom. The first kappa shape index (κ1) is 17.0. The molecule has 1 aliphatic carbocycles. The molecule has 3 rings (SSSR count). The van der Waals surface area contributed by atoms with Gasteiger partial charge in [-0.15, -0.1) is 0 Å². The zero-order valence-electron chi connectivity index (χ0n) is 14.7. The summed E-state index contributed by atoms with van der Waals surface area (Å²) in [7, 11) is 4.15. The molecule has 1 aromatic rings. The number of hydrogen-bond acceptors (Lipinski definition) is 5. The summed E-state index contributed by atoms with van der Waals surface area (Å²) in [5.74, 6) is 2.58. The minimum absolute atomic E-state index is 0.319. The minimum atomic E-state index is 0.319. The number of ether oxygens (including phenoxy) is 2. The predicted molar refractivity (Wildman–Crippen MR) is 89.5 cm³/mol. The summed E-state index contributed by atoms with van der Waals surface area (Å²) in [6, 6.07) is 4.65. The number of fused-ring (bicyclic) bond motifs is 1. The highest BCUT2D eigenvalue weighted by Gasteiger charge is 2.42. The molecule has 1 saturated carbocycles. The molecule has 0 spiro atoms. The molecule has 23 heavy (non-hydrogen) atoms. The van der Waals surface area contributed by atoms with Crippen molar-refractivity contribution in [3.05, 3.63) is 23.7 Å². The number of rotatable bonds is 7. The van der Waals surface area contributed by atoms with Crippen LogP contribution in [0.3, 0.4) is 0 Å². The van der Waals surface area contributed by atoms with Crippen molar-refractivity contribution >= 4 is 0 Å². The van der Waals surface area contributed by atoms with Crippen LogP contribution in [-0.4, -0.2) is 69.0 Å². The van der Waals surface area contributed by atoms with Gasteiger partial charge in [0.05, 0.1) is 32.5 Å². The minimum Gasteiger partial charge on any atom is -0.465 e. The molecule has 2 aliphatic rings. The van der Waals surface area contributed by atoms with Gasteiger partial charge in [-0.3, -0.25) is 4.90 Å². The average Bonchev–Trinajstić information content (AvgIpc) is 3.11. The molecule has 1 aromatic heterocycles. The highest BCUT2D eigenvalue weighted by Crippen LogP contribution is 2.35. The highest BCUT2D eigenvalue weighted by molar-refractivity contribution is 5.06. The maximum absolute atomic E-state index is 6.10. The van der Waals surface area contributed by atoms with Crippen molar-refractivity contribution in [3.63, 3.8) is 0 Å². The van der Waals surface area contributed by atoms with Gasteiger partial charge in [0.25, 0.3) is 0 Å². The molecule has 1 aliphatic heterocycles. The molecule has 2 fully saturated rings. The van der Waals surface area contributed by atoms with Gasteiger partial charge >= 0.3 is 0 Å². The van der Waals surface area contributed by atoms with Crippen LogP contribution in [0.25, 0.3) is 0 Å². The van der Waals surface area contributed by atoms with E-state index in [0.29, 0.717) is 18.1 Å². The Labute approximate surface area is 139 Å². The van der Waals surface area contributed by atoms with E-state index >= 15 is 0 Å². The number of furan rings is 1. The third-order valence-corrected chi connectivity index (χ3v) is 5.00. The lowest BCUT2D eigenvalue weighted by atomic mass is 10.0. The van der Waals surface area contributed by atoms with Crippen molar-refractivity contribution in [1.29, 1.82) is 0 Å². The average molecular weight is 322 g/mol. The van der Waals surface area contributed by atoms with Gasteiger partial charge in [-0.25, -0.2) is 0 Å². The molecule has 0 bridgehead atoms. The van der Waals surface area contributed by atoms with Crippen LogP contribution < -0.4 is 0 Å². The third kappa shape index (κ3) is 4.35. The van der Waals surface area contributed by atoms with E-state index in [1.54, 1.807) is 0 Å². The van der Waals surface area contributed by atoms with Gasteiger partial charge in [-0.2, -0.15) is 0 Å². The zero-order chi connectivity index (χ0) is 16.2. The quantitative estimate of drug-likeness (QED) is 0.719. The largest absolute Gasteiger partial charge is 0.465 e. The van der Waals surface area contributed by atoms with E-state index in [9.17, 15) is 0 Å². The van der Waals surface area contributed by atoms with Crippen molar-refractivity contribution in [3.8, 4) is 0 Å². The number of hydrogen-bond donors (Lipinski definition) is 0. The Morgan fingerprint density at radius 3 is 2.91 bits per heavy atom. The van der Waals surface area contributed by atoms with Crippen LogP contribution in [0.15, 0.2) is 16.5 Å². The van der Waals surface area contributed by atoms with Gasteiger partial charge < -0.3 is 18.8 Å². The summed E-state index contributed by atoms with van der Waals surface area (Å²) in [6.45, 7) is 7.31. The number of nitrogens with zero attached hydrogens (tertiary/aromatic N) is 2. The van der Waals surface area contributed by atoms with Crippen LogP contribution in [0.2, 0.25) is 0 Å². The van der Waals surface area contributed by atoms with Gasteiger partial charge in [0, 0.05) is 25.0 Å². The van der Waals surface area contributed by atoms with Crippen LogP contribution in [0.4, 0.5) is 0 Å². The maximum atomic E-state index is 6.10. The Kier molecular flexibility index (Phi) is 5.75. The second-order valence-electron chi connectivity index (χ2n) is 7.10. The van der Waals surface area contributed by atoms with E-state index < -0.39 is 0 Å². The van der Waals surface area contributed by atoms with E-state index in [0.717, 1.165) is 51.0 Å². The van der Waals surface area contributed by atoms with Crippen LogP contribution >= 0.6 is 0 Å². The first-order valence-electron chi connectivity index (χ1n) is 8.77. The molecule has 0 radical (unpaired) electrons. The normalized spacial score (nSPS) is 28.4. The summed E-state index contributed by atoms with van der Waals surface area (Å²) < 4.78 is 17.7. The molecule has 2 heterocycles. The number of morpholine rings is 1. The molecule has 0 amide bonds. The molecular formula is C18H30N2O3. The first-order chi connectivity index (χ1) is 11.1. The molecule has 1 saturated heterocycles. The zero-order valence-corrected chi connectivity index (χ0v) is 14.7. The summed E-state index contributed by atoms with van der Waals surface area (Å²) >= 11 is 0. The van der Waals surface area contributed by atoms with Crippen LogP contribution in [-0.2, 0) is 16.0 Å². The summed E-state index contributed by atoms with van der Waals surface area (Å²) in [6.07, 6.45) is 2.72. The van der Waals surface area contributed by atoms with Crippen molar-refractivity contribution < 1.29 is 13.9 Å². The fraction of sp³-hybridized carbons (Fsp3) is 0.778. The van der Waals surface area contributed by atoms with E-state index in [-0.39, 0.29) is 0 Å². The van der Waals surface area contributed by atoms with Crippen LogP contribution in [0, 0.1) is 12.8 Å². The monoisotopic (exact) mass is 322 g/mol. The van der Waals surface area contributed by atoms with Gasteiger partial charge in [0.1, 0.15) is 11.5 Å². The fourth-order valence-electron chi connectivity index (χ4n) is 3.76. The van der Waals surface area contributed by atoms with Crippen molar-refractivity contribution in [2.45, 2.75) is 38.5 Å². The summed E-state index contributed by atoms with van der Waals surface area (Å²) in [5.41, 5.74) is 0. The SMILES string of the molecule is Cc1ccc(CN2CCOC3C(COCCN(C)C)CCC32)o1. The second-order valence-corrected chi connectivity index (χ2v) is 7.10. The van der Waals surface area contributed by atoms with Crippen LogP contribution in [0.5, 0.6) is 0 Å². The Bertz CT molecular complexity index is 488. The molecule has 3 atom stereocenters. The Morgan fingerprint density at radius 2 is 2.17 bits per heavy atom. The molecule has 3 unspecified atom stereocenters. The number of aryl methyl sites for hydroxylation is 1. The van der Waals surface area contributed by atoms with E-state index in [2.05, 4.69) is 30.0 Å². The summed E-state index contributed by atoms with van der Waals surface area (Å²) in [5, 5.41) is 0. The first-order valence-corrected chi connectivity index (χ1v) is 8.77. The fourth-order valence-corrected chi connectivity index (χ4v) is 3.76. The molecule has 5 nitrogen and oxygen atoms in total. The lowest BCUT2D eigenvalue weighted by Crippen LogP contribution is -2.50. The predicted octanol–water partition coefficient (Wildman–Crippen LogP) is 2.15. The lowest BCUT2D eigenvalue weighted by Gasteiger charge is -2.38. The molecule has 0 N–H and O–H groups in total. The smallest absolute Gasteiger partial charge is 0.118 e. The van der Waals surface area contributed by atoms with Gasteiger partial charge in [0.2, 0.25) is 0 Å². The standard InChI is InChI=1S/C18H30N2O3/c1-14-4-6-16(23-14)12-20-9-11-22-18-15(5-7-17(18)20)13-21-10-8-19(2)3/h4,6,15,17-18H,5,7-13H2,1-3H3. The van der Waals surface area contributed by atoms with Gasteiger partial charge in [-0.05, 0) is 46.0 Å². The van der Waals surface area contributed by atoms with E-state index in [4.69, 9.17) is 13.9 Å². The van der Waals surface area contributed by atoms with Crippen molar-refractivity contribution in [2.24, 2.45) is 5.92 Å². The molecular weight excluding hydrogens is 292 g/mol. The van der Waals surface area contributed by atoms with E-state index in [1.165, 1.54) is 12.8 Å². The highest BCUT2D eigenvalue weighted by atomic mass is 16.5. The molecule has 5 heteroatoms. The van der Waals surface area contributed by atoms with Gasteiger partial charge in [0.15, 0.2) is 0 Å². The maximum Gasteiger partial charge on any atom is 0.118 e. The van der Waals surface area contributed by atoms with Crippen molar-refractivity contribution in [2.75, 3.05) is 47.0 Å². The second kappa shape index (κ2) is 7.79. The van der Waals surface area contributed by atoms with E-state index in [1.807, 2.05) is 13.0 Å². The third-order valence-electron chi connectivity index (χ3n) is 5.00. The lowest BCUT2D eigenvalue weighted by molar-refractivity contribution is -0.0896. The molecule has 0 aromatic carbocycles. The molecule has 130 valence electrons. The van der Waals surface area contributed by atoms with Crippen molar-refractivity contribution in [1.82, 2.24) is 9.80 Å². The van der Waals surface area contributed by atoms with Crippen LogP contribution in [0.1, 0.15) is 24.4 Å². The number of likely N-dealkylation sites (N-methyl/N-ethyl adjacent to an activating group) is 1. The summed E-state index contributed by atoms with van der Waals surface area (Å²) in [4.78, 5) is 4.69. The Hall–Kier alpha value is -0.880. The Balaban J connectivity index is 1.51.